The molecule has 4 heteroatoms. The summed E-state index contributed by atoms with van der Waals surface area (Å²) in [5.41, 5.74) is 8.31. The van der Waals surface area contributed by atoms with Crippen molar-refractivity contribution < 1.29 is 4.42 Å². The molecule has 0 aliphatic rings. The predicted octanol–water partition coefficient (Wildman–Crippen LogP) is 2.70. The highest BCUT2D eigenvalue weighted by Crippen LogP contribution is 2.25. The number of nitrogens with zero attached hydrogens (tertiary/aromatic N) is 2. The first kappa shape index (κ1) is 9.83. The second-order valence-corrected chi connectivity index (χ2v) is 3.68. The average Bonchev–Trinajstić information content (AvgIpc) is 2.84. The summed E-state index contributed by atoms with van der Waals surface area (Å²) in [6.45, 7) is 4.24. The first-order valence-electron chi connectivity index (χ1n) is 5.09. The highest BCUT2D eigenvalue weighted by Gasteiger charge is 2.11. The third-order valence-corrected chi connectivity index (χ3v) is 2.60. The molecule has 0 saturated carbocycles. The Labute approximate surface area is 88.7 Å². The summed E-state index contributed by atoms with van der Waals surface area (Å²) in [6, 6.07) is 2.23. The van der Waals surface area contributed by atoms with E-state index in [1.807, 2.05) is 16.9 Å². The monoisotopic (exact) mass is 205 g/mol. The third kappa shape index (κ3) is 1.75. The predicted molar refractivity (Wildman–Crippen MR) is 59.3 cm³/mol. The first-order chi connectivity index (χ1) is 7.22. The van der Waals surface area contributed by atoms with Gasteiger partial charge in [-0.3, -0.25) is 4.68 Å². The van der Waals surface area contributed by atoms with Crippen molar-refractivity contribution in [3.05, 3.63) is 24.8 Å². The molecule has 0 bridgehead atoms. The minimum Gasteiger partial charge on any atom is -0.472 e. The Morgan fingerprint density at radius 2 is 2.40 bits per heavy atom. The topological polar surface area (TPSA) is 57.0 Å². The second kappa shape index (κ2) is 3.81. The van der Waals surface area contributed by atoms with E-state index in [0.717, 1.165) is 17.7 Å². The van der Waals surface area contributed by atoms with Crippen molar-refractivity contribution in [2.24, 2.45) is 0 Å². The van der Waals surface area contributed by atoms with Crippen LogP contribution in [0.1, 0.15) is 26.3 Å². The molecule has 2 aromatic heterocycles. The van der Waals surface area contributed by atoms with Crippen LogP contribution in [0.4, 0.5) is 5.69 Å². The maximum Gasteiger partial charge on any atom is 0.118 e. The highest BCUT2D eigenvalue weighted by molar-refractivity contribution is 5.70. The number of rotatable bonds is 3. The van der Waals surface area contributed by atoms with Gasteiger partial charge in [0.2, 0.25) is 0 Å². The number of nitrogens with two attached hydrogens (primary N) is 1. The summed E-state index contributed by atoms with van der Waals surface area (Å²) in [5, 5.41) is 4.45. The SMILES string of the molecule is CCC(C)n1cc(N)c(-c2ccoc2)n1. The van der Waals surface area contributed by atoms with Crippen molar-refractivity contribution in [1.82, 2.24) is 9.78 Å². The maximum atomic E-state index is 5.90. The van der Waals surface area contributed by atoms with E-state index in [0.29, 0.717) is 11.7 Å². The van der Waals surface area contributed by atoms with Gasteiger partial charge >= 0.3 is 0 Å². The average molecular weight is 205 g/mol. The Morgan fingerprint density at radius 3 is 3.00 bits per heavy atom. The molecule has 1 atom stereocenters. The number of anilines is 1. The van der Waals surface area contributed by atoms with E-state index in [1.54, 1.807) is 12.5 Å². The van der Waals surface area contributed by atoms with Gasteiger partial charge in [-0.15, -0.1) is 0 Å². The number of hydrogen-bond acceptors (Lipinski definition) is 3. The van der Waals surface area contributed by atoms with Crippen LogP contribution in [-0.2, 0) is 0 Å². The van der Waals surface area contributed by atoms with E-state index in [2.05, 4.69) is 18.9 Å². The van der Waals surface area contributed by atoms with Gasteiger partial charge in [0, 0.05) is 17.8 Å². The quantitative estimate of drug-likeness (QED) is 0.838. The van der Waals surface area contributed by atoms with E-state index in [-0.39, 0.29) is 0 Å². The molecule has 2 N–H and O–H groups in total. The molecule has 0 aliphatic carbocycles. The molecule has 2 heterocycles. The van der Waals surface area contributed by atoms with Crippen molar-refractivity contribution >= 4 is 5.69 Å². The molecule has 0 fully saturated rings. The molecule has 15 heavy (non-hydrogen) atoms. The van der Waals surface area contributed by atoms with Gasteiger partial charge in [-0.1, -0.05) is 6.92 Å². The molecule has 0 aromatic carbocycles. The van der Waals surface area contributed by atoms with Crippen molar-refractivity contribution in [1.29, 1.82) is 0 Å². The molecule has 80 valence electrons. The number of aromatic nitrogens is 2. The van der Waals surface area contributed by atoms with E-state index in [1.165, 1.54) is 0 Å². The summed E-state index contributed by atoms with van der Waals surface area (Å²) in [6.07, 6.45) is 6.18. The lowest BCUT2D eigenvalue weighted by Crippen LogP contribution is -2.03. The Kier molecular flexibility index (Phi) is 2.49. The van der Waals surface area contributed by atoms with Gasteiger partial charge in [0.05, 0.1) is 18.2 Å². The van der Waals surface area contributed by atoms with Gasteiger partial charge in [-0.2, -0.15) is 5.10 Å². The lowest BCUT2D eigenvalue weighted by molar-refractivity contribution is 0.479. The smallest absolute Gasteiger partial charge is 0.118 e. The zero-order chi connectivity index (χ0) is 10.8. The van der Waals surface area contributed by atoms with E-state index in [4.69, 9.17) is 10.2 Å². The Hall–Kier alpha value is -1.71. The van der Waals surface area contributed by atoms with E-state index in [9.17, 15) is 0 Å². The largest absolute Gasteiger partial charge is 0.472 e. The summed E-state index contributed by atoms with van der Waals surface area (Å²) >= 11 is 0. The summed E-state index contributed by atoms with van der Waals surface area (Å²) in [4.78, 5) is 0. The van der Waals surface area contributed by atoms with Crippen LogP contribution in [0.2, 0.25) is 0 Å². The summed E-state index contributed by atoms with van der Waals surface area (Å²) in [7, 11) is 0. The van der Waals surface area contributed by atoms with E-state index < -0.39 is 0 Å². The fourth-order valence-electron chi connectivity index (χ4n) is 1.44. The highest BCUT2D eigenvalue weighted by atomic mass is 16.3. The maximum absolute atomic E-state index is 5.90. The lowest BCUT2D eigenvalue weighted by atomic mass is 10.2. The molecule has 0 spiro atoms. The molecule has 4 nitrogen and oxygen atoms in total. The number of furan rings is 1. The second-order valence-electron chi connectivity index (χ2n) is 3.68. The standard InChI is InChI=1S/C11H15N3O/c1-3-8(2)14-6-10(12)11(13-14)9-4-5-15-7-9/h4-8H,3,12H2,1-2H3. The Balaban J connectivity index is 2.38. The molecule has 0 saturated heterocycles. The third-order valence-electron chi connectivity index (χ3n) is 2.60. The fraction of sp³-hybridized carbons (Fsp3) is 0.364. The van der Waals surface area contributed by atoms with Crippen LogP contribution in [0, 0.1) is 0 Å². The molecule has 0 aliphatic heterocycles. The molecule has 2 aromatic rings. The van der Waals surface area contributed by atoms with Gasteiger partial charge in [0.1, 0.15) is 5.69 Å². The summed E-state index contributed by atoms with van der Waals surface area (Å²) < 4.78 is 6.92. The molecule has 2 rings (SSSR count). The van der Waals surface area contributed by atoms with Crippen molar-refractivity contribution in [2.45, 2.75) is 26.3 Å². The molecular weight excluding hydrogens is 190 g/mol. The Morgan fingerprint density at radius 1 is 1.60 bits per heavy atom. The minimum absolute atomic E-state index is 0.368. The first-order valence-corrected chi connectivity index (χ1v) is 5.09. The molecule has 0 radical (unpaired) electrons. The van der Waals surface area contributed by atoms with Crippen LogP contribution in [0.3, 0.4) is 0 Å². The van der Waals surface area contributed by atoms with E-state index >= 15 is 0 Å². The number of nitrogen functional groups attached to an aromatic ring is 1. The van der Waals surface area contributed by atoms with Crippen LogP contribution in [0.15, 0.2) is 29.2 Å². The summed E-state index contributed by atoms with van der Waals surface area (Å²) in [5.74, 6) is 0. The van der Waals surface area contributed by atoms with Crippen LogP contribution >= 0.6 is 0 Å². The van der Waals surface area contributed by atoms with Gasteiger partial charge in [0.15, 0.2) is 0 Å². The normalized spacial score (nSPS) is 12.9. The molecule has 0 amide bonds. The van der Waals surface area contributed by atoms with Crippen LogP contribution in [-0.4, -0.2) is 9.78 Å². The van der Waals surface area contributed by atoms with Crippen molar-refractivity contribution in [3.63, 3.8) is 0 Å². The van der Waals surface area contributed by atoms with Gasteiger partial charge in [-0.05, 0) is 19.4 Å². The van der Waals surface area contributed by atoms with Crippen molar-refractivity contribution in [2.75, 3.05) is 5.73 Å². The van der Waals surface area contributed by atoms with Gasteiger partial charge < -0.3 is 10.2 Å². The zero-order valence-electron chi connectivity index (χ0n) is 8.97. The Bertz CT molecular complexity index is 431. The van der Waals surface area contributed by atoms with Gasteiger partial charge in [-0.25, -0.2) is 0 Å². The van der Waals surface area contributed by atoms with Gasteiger partial charge in [0.25, 0.3) is 0 Å². The van der Waals surface area contributed by atoms with Crippen LogP contribution in [0.25, 0.3) is 11.3 Å². The lowest BCUT2D eigenvalue weighted by Gasteiger charge is -2.07. The minimum atomic E-state index is 0.368. The number of hydrogen-bond donors (Lipinski definition) is 1. The van der Waals surface area contributed by atoms with Crippen molar-refractivity contribution in [3.8, 4) is 11.3 Å². The van der Waals surface area contributed by atoms with Crippen LogP contribution in [0.5, 0.6) is 0 Å². The zero-order valence-corrected chi connectivity index (χ0v) is 8.97. The fourth-order valence-corrected chi connectivity index (χ4v) is 1.44. The molecular formula is C11H15N3O. The molecule has 1 unspecified atom stereocenters. The van der Waals surface area contributed by atoms with Crippen LogP contribution < -0.4 is 5.73 Å².